The number of halogens is 2. The molecule has 1 aromatic carbocycles. The highest BCUT2D eigenvalue weighted by Gasteiger charge is 2.16. The molecule has 0 unspecified atom stereocenters. The molecule has 0 spiro atoms. The summed E-state index contributed by atoms with van der Waals surface area (Å²) < 4.78 is 0. The molecule has 3 N–H and O–H groups in total. The molecule has 7 heteroatoms. The second-order valence-corrected chi connectivity index (χ2v) is 4.73. The summed E-state index contributed by atoms with van der Waals surface area (Å²) >= 11 is 11.8. The van der Waals surface area contributed by atoms with Crippen molar-refractivity contribution in [1.82, 2.24) is 9.97 Å². The van der Waals surface area contributed by atoms with Crippen molar-refractivity contribution in [1.29, 1.82) is 0 Å². The van der Waals surface area contributed by atoms with E-state index in [0.717, 1.165) is 0 Å². The minimum absolute atomic E-state index is 0.0916. The number of hydrogen-bond donors (Lipinski definition) is 2. The van der Waals surface area contributed by atoms with Gasteiger partial charge in [0.2, 0.25) is 0 Å². The topological polar surface area (TPSA) is 89.1 Å². The zero-order valence-electron chi connectivity index (χ0n) is 9.82. The van der Waals surface area contributed by atoms with Crippen LogP contribution in [0.1, 0.15) is 16.1 Å². The number of nitrogens with zero attached hydrogens (tertiary/aromatic N) is 2. The summed E-state index contributed by atoms with van der Waals surface area (Å²) in [5, 5.41) is 9.86. The van der Waals surface area contributed by atoms with Gasteiger partial charge >= 0.3 is 5.97 Å². The Morgan fingerprint density at radius 3 is 2.26 bits per heavy atom. The third-order valence-electron chi connectivity index (χ3n) is 2.45. The highest BCUT2D eigenvalue weighted by molar-refractivity contribution is 6.35. The fraction of sp³-hybridized carbons (Fsp3) is 0.0833. The Balaban J connectivity index is 2.61. The van der Waals surface area contributed by atoms with E-state index in [2.05, 4.69) is 9.97 Å². The zero-order chi connectivity index (χ0) is 14.2. The molecule has 2 rings (SSSR count). The quantitative estimate of drug-likeness (QED) is 0.889. The maximum absolute atomic E-state index is 11.0. The average Bonchev–Trinajstić information content (AvgIpc) is 2.25. The summed E-state index contributed by atoms with van der Waals surface area (Å²) in [6.45, 7) is 1.55. The molecule has 5 nitrogen and oxygen atoms in total. The monoisotopic (exact) mass is 297 g/mol. The first kappa shape index (κ1) is 13.6. The fourth-order valence-electron chi connectivity index (χ4n) is 1.67. The predicted molar refractivity (Wildman–Crippen MR) is 73.6 cm³/mol. The van der Waals surface area contributed by atoms with Crippen LogP contribution in [0.25, 0.3) is 11.4 Å². The molecule has 0 aliphatic rings. The molecule has 1 heterocycles. The van der Waals surface area contributed by atoms with Crippen molar-refractivity contribution in [2.75, 3.05) is 5.73 Å². The van der Waals surface area contributed by atoms with Gasteiger partial charge in [-0.05, 0) is 25.1 Å². The van der Waals surface area contributed by atoms with Crippen molar-refractivity contribution in [2.45, 2.75) is 6.92 Å². The Morgan fingerprint density at radius 1 is 1.21 bits per heavy atom. The van der Waals surface area contributed by atoms with Crippen LogP contribution in [0.2, 0.25) is 10.0 Å². The van der Waals surface area contributed by atoms with E-state index in [0.29, 0.717) is 15.6 Å². The van der Waals surface area contributed by atoms with E-state index in [1.54, 1.807) is 25.1 Å². The number of aromatic nitrogens is 2. The first-order chi connectivity index (χ1) is 8.88. The van der Waals surface area contributed by atoms with Gasteiger partial charge in [-0.15, -0.1) is 0 Å². The third kappa shape index (κ3) is 2.77. The van der Waals surface area contributed by atoms with Crippen molar-refractivity contribution in [3.63, 3.8) is 0 Å². The van der Waals surface area contributed by atoms with Crippen LogP contribution in [0.4, 0.5) is 5.82 Å². The molecule has 0 bridgehead atoms. The summed E-state index contributed by atoms with van der Waals surface area (Å²) in [6.07, 6.45) is 0. The first-order valence-electron chi connectivity index (χ1n) is 5.22. The van der Waals surface area contributed by atoms with Gasteiger partial charge in [0.1, 0.15) is 11.4 Å². The summed E-state index contributed by atoms with van der Waals surface area (Å²) in [5.41, 5.74) is 6.40. The maximum Gasteiger partial charge on any atom is 0.341 e. The molecule has 0 saturated heterocycles. The summed E-state index contributed by atoms with van der Waals surface area (Å²) in [7, 11) is 0. The number of hydrogen-bond acceptors (Lipinski definition) is 4. The SMILES string of the molecule is Cc1nc(-c2cc(Cl)cc(Cl)c2)nc(N)c1C(=O)O. The number of nitrogens with two attached hydrogens (primary N) is 1. The molecule has 0 saturated carbocycles. The van der Waals surface area contributed by atoms with Crippen molar-refractivity contribution in [3.05, 3.63) is 39.5 Å². The Hall–Kier alpha value is -1.85. The number of aromatic carboxylic acids is 1. The number of rotatable bonds is 2. The second-order valence-electron chi connectivity index (χ2n) is 3.86. The molecular weight excluding hydrogens is 289 g/mol. The number of carboxylic acids is 1. The Kier molecular flexibility index (Phi) is 3.59. The minimum Gasteiger partial charge on any atom is -0.477 e. The number of nitrogen functional groups attached to an aromatic ring is 1. The molecule has 0 atom stereocenters. The molecule has 1 aromatic heterocycles. The van der Waals surface area contributed by atoms with E-state index < -0.39 is 5.97 Å². The number of benzene rings is 1. The molecular formula is C12H9Cl2N3O2. The largest absolute Gasteiger partial charge is 0.477 e. The van der Waals surface area contributed by atoms with E-state index in [4.69, 9.17) is 34.0 Å². The zero-order valence-corrected chi connectivity index (χ0v) is 11.3. The van der Waals surface area contributed by atoms with Gasteiger partial charge in [-0.3, -0.25) is 0 Å². The van der Waals surface area contributed by atoms with Gasteiger partial charge in [-0.25, -0.2) is 14.8 Å². The summed E-state index contributed by atoms with van der Waals surface area (Å²) in [4.78, 5) is 19.1. The molecule has 2 aromatic rings. The van der Waals surface area contributed by atoms with E-state index in [1.807, 2.05) is 0 Å². The fourth-order valence-corrected chi connectivity index (χ4v) is 2.20. The Labute approximate surface area is 119 Å². The highest BCUT2D eigenvalue weighted by Crippen LogP contribution is 2.26. The van der Waals surface area contributed by atoms with Crippen molar-refractivity contribution < 1.29 is 9.90 Å². The van der Waals surface area contributed by atoms with E-state index in [-0.39, 0.29) is 22.9 Å². The van der Waals surface area contributed by atoms with Gasteiger partial charge in [-0.1, -0.05) is 23.2 Å². The van der Waals surface area contributed by atoms with Gasteiger partial charge in [0.05, 0.1) is 5.69 Å². The van der Waals surface area contributed by atoms with Crippen LogP contribution in [0.15, 0.2) is 18.2 Å². The van der Waals surface area contributed by atoms with Crippen LogP contribution in [0.3, 0.4) is 0 Å². The van der Waals surface area contributed by atoms with Crippen LogP contribution < -0.4 is 5.73 Å². The molecule has 0 radical (unpaired) electrons. The first-order valence-corrected chi connectivity index (χ1v) is 5.98. The maximum atomic E-state index is 11.0. The van der Waals surface area contributed by atoms with Crippen molar-refractivity contribution in [2.24, 2.45) is 0 Å². The second kappa shape index (κ2) is 5.03. The standard InChI is InChI=1S/C12H9Cl2N3O2/c1-5-9(12(18)19)10(15)17-11(16-5)6-2-7(13)4-8(14)3-6/h2-4H,1H3,(H,18,19)(H2,15,16,17). The molecule has 19 heavy (non-hydrogen) atoms. The molecule has 0 aliphatic heterocycles. The lowest BCUT2D eigenvalue weighted by Crippen LogP contribution is -2.10. The van der Waals surface area contributed by atoms with Crippen molar-refractivity contribution in [3.8, 4) is 11.4 Å². The summed E-state index contributed by atoms with van der Waals surface area (Å²) in [6, 6.07) is 4.83. The van der Waals surface area contributed by atoms with Crippen LogP contribution in [0, 0.1) is 6.92 Å². The molecule has 0 amide bonds. The smallest absolute Gasteiger partial charge is 0.341 e. The normalized spacial score (nSPS) is 10.5. The number of carboxylic acid groups (broad SMARTS) is 1. The van der Waals surface area contributed by atoms with Gasteiger partial charge in [0, 0.05) is 15.6 Å². The van der Waals surface area contributed by atoms with E-state index in [1.165, 1.54) is 0 Å². The highest BCUT2D eigenvalue weighted by atomic mass is 35.5. The predicted octanol–water partition coefficient (Wildman–Crippen LogP) is 3.04. The number of aryl methyl sites for hydroxylation is 1. The van der Waals surface area contributed by atoms with Gasteiger partial charge < -0.3 is 10.8 Å². The number of anilines is 1. The van der Waals surface area contributed by atoms with E-state index in [9.17, 15) is 4.79 Å². The third-order valence-corrected chi connectivity index (χ3v) is 2.89. The lowest BCUT2D eigenvalue weighted by Gasteiger charge is -2.08. The van der Waals surface area contributed by atoms with Gasteiger partial charge in [0.25, 0.3) is 0 Å². The minimum atomic E-state index is -1.16. The van der Waals surface area contributed by atoms with Crippen LogP contribution in [-0.4, -0.2) is 21.0 Å². The molecule has 98 valence electrons. The number of carbonyl (C=O) groups is 1. The van der Waals surface area contributed by atoms with Crippen LogP contribution >= 0.6 is 23.2 Å². The van der Waals surface area contributed by atoms with Gasteiger partial charge in [-0.2, -0.15) is 0 Å². The Morgan fingerprint density at radius 2 is 1.79 bits per heavy atom. The van der Waals surface area contributed by atoms with Gasteiger partial charge in [0.15, 0.2) is 5.82 Å². The van der Waals surface area contributed by atoms with Crippen LogP contribution in [-0.2, 0) is 0 Å². The Bertz CT molecular complexity index is 631. The van der Waals surface area contributed by atoms with Crippen LogP contribution in [0.5, 0.6) is 0 Å². The summed E-state index contributed by atoms with van der Waals surface area (Å²) in [5.74, 6) is -0.971. The average molecular weight is 298 g/mol. The molecule has 0 fully saturated rings. The lowest BCUT2D eigenvalue weighted by atomic mass is 10.1. The van der Waals surface area contributed by atoms with E-state index >= 15 is 0 Å². The molecule has 0 aliphatic carbocycles. The van der Waals surface area contributed by atoms with Crippen molar-refractivity contribution >= 4 is 35.0 Å². The lowest BCUT2D eigenvalue weighted by molar-refractivity contribution is 0.0696.